The first-order chi connectivity index (χ1) is 15.7. The van der Waals surface area contributed by atoms with Crippen LogP contribution in [-0.4, -0.2) is 49.0 Å². The Kier molecular flexibility index (Phi) is 9.13. The summed E-state index contributed by atoms with van der Waals surface area (Å²) in [6.45, 7) is 6.41. The second kappa shape index (κ2) is 11.8. The third-order valence-corrected chi connectivity index (χ3v) is 4.27. The first-order valence-corrected chi connectivity index (χ1v) is 10.4. The molecule has 1 amide bonds. The van der Waals surface area contributed by atoms with E-state index in [9.17, 15) is 13.6 Å². The number of carbonyl (C=O) groups excluding carboxylic acids is 1. The quantitative estimate of drug-likeness (QED) is 0.279. The number of carbonyl (C=O) groups is 1. The molecule has 0 saturated carbocycles. The number of amidine groups is 1. The predicted molar refractivity (Wildman–Crippen MR) is 124 cm³/mol. The molecule has 2 aromatic rings. The minimum Gasteiger partial charge on any atom is -0.491 e. The van der Waals surface area contributed by atoms with Gasteiger partial charge in [0.2, 0.25) is 11.9 Å². The van der Waals surface area contributed by atoms with E-state index < -0.39 is 17.4 Å². The number of likely N-dealkylation sites (N-methyl/N-ethyl adjacent to an activating group) is 1. The summed E-state index contributed by atoms with van der Waals surface area (Å²) in [5.41, 5.74) is 10.0. The topological polar surface area (TPSA) is 130 Å². The van der Waals surface area contributed by atoms with Crippen LogP contribution in [0.3, 0.4) is 0 Å². The van der Waals surface area contributed by atoms with Crippen molar-refractivity contribution in [2.75, 3.05) is 42.8 Å². The zero-order chi connectivity index (χ0) is 24.5. The van der Waals surface area contributed by atoms with Crippen molar-refractivity contribution in [3.8, 4) is 5.75 Å². The maximum absolute atomic E-state index is 13.7. The van der Waals surface area contributed by atoms with E-state index in [1.807, 2.05) is 0 Å². The van der Waals surface area contributed by atoms with Gasteiger partial charge in [0, 0.05) is 7.05 Å². The lowest BCUT2D eigenvalue weighted by Crippen LogP contribution is -2.37. The molecule has 0 atom stereocenters. The molecule has 180 valence electrons. The molecule has 3 rings (SSSR count). The lowest BCUT2D eigenvalue weighted by Gasteiger charge is -2.27. The monoisotopic (exact) mass is 464 g/mol. The summed E-state index contributed by atoms with van der Waals surface area (Å²) < 4.78 is 32.0. The molecule has 2 heterocycles. The van der Waals surface area contributed by atoms with Crippen LogP contribution in [0.5, 0.6) is 5.75 Å². The molecule has 0 radical (unpaired) electrons. The summed E-state index contributed by atoms with van der Waals surface area (Å²) in [5.74, 6) is -1.05. The number of hydrogen-bond acceptors (Lipinski definition) is 8. The Balaban J connectivity index is 0.00000122. The molecule has 1 aromatic carbocycles. The molecule has 0 aliphatic carbocycles. The number of aromatic nitrogens is 2. The molecule has 0 saturated heterocycles. The fourth-order valence-electron chi connectivity index (χ4n) is 2.88. The Morgan fingerprint density at radius 2 is 1.94 bits per heavy atom. The van der Waals surface area contributed by atoms with Crippen LogP contribution in [0.15, 0.2) is 17.2 Å². The Morgan fingerprint density at radius 3 is 2.55 bits per heavy atom. The zero-order valence-electron chi connectivity index (χ0n) is 19.4. The number of hydrazone groups is 1. The van der Waals surface area contributed by atoms with Gasteiger partial charge in [-0.1, -0.05) is 20.3 Å². The number of nitrogens with one attached hydrogen (secondary N) is 3. The van der Waals surface area contributed by atoms with Crippen LogP contribution in [0.4, 0.5) is 26.2 Å². The number of fused-ring (bicyclic) bond motifs is 1. The van der Waals surface area contributed by atoms with E-state index in [1.54, 1.807) is 18.9 Å². The fourth-order valence-corrected chi connectivity index (χ4v) is 2.88. The number of ether oxygens (including phenoxy) is 1. The molecule has 0 bridgehead atoms. The molecule has 0 spiro atoms. The molecule has 1 aromatic heterocycles. The van der Waals surface area contributed by atoms with Gasteiger partial charge in [-0.25, -0.2) is 13.8 Å². The summed E-state index contributed by atoms with van der Waals surface area (Å²) in [5, 5.41) is 9.67. The molecule has 0 unspecified atom stereocenters. The number of halogens is 2. The summed E-state index contributed by atoms with van der Waals surface area (Å²) in [6.07, 6.45) is 1.25. The average molecular weight is 465 g/mol. The molecule has 5 N–H and O–H groups in total. The molecule has 1 aliphatic rings. The lowest BCUT2D eigenvalue weighted by molar-refractivity contribution is -0.115. The molecule has 10 nitrogen and oxygen atoms in total. The van der Waals surface area contributed by atoms with Crippen molar-refractivity contribution in [2.24, 2.45) is 10.8 Å². The van der Waals surface area contributed by atoms with Crippen molar-refractivity contribution < 1.29 is 18.3 Å². The Morgan fingerprint density at radius 1 is 1.30 bits per heavy atom. The molecule has 0 fully saturated rings. The van der Waals surface area contributed by atoms with Crippen molar-refractivity contribution in [1.82, 2.24) is 15.4 Å². The van der Waals surface area contributed by atoms with Crippen LogP contribution in [0.2, 0.25) is 0 Å². The van der Waals surface area contributed by atoms with Crippen molar-refractivity contribution in [1.29, 1.82) is 0 Å². The van der Waals surface area contributed by atoms with Gasteiger partial charge in [-0.05, 0) is 24.6 Å². The largest absolute Gasteiger partial charge is 0.491 e. The second-order valence-corrected chi connectivity index (χ2v) is 7.33. The third kappa shape index (κ3) is 6.89. The highest BCUT2D eigenvalue weighted by Gasteiger charge is 2.23. The number of amides is 1. The Hall–Kier alpha value is -3.70. The van der Waals surface area contributed by atoms with Crippen molar-refractivity contribution in [2.45, 2.75) is 33.7 Å². The number of rotatable bonds is 7. The van der Waals surface area contributed by atoms with Gasteiger partial charge in [0.15, 0.2) is 23.2 Å². The summed E-state index contributed by atoms with van der Waals surface area (Å²) in [6, 6.07) is 2.30. The third-order valence-electron chi connectivity index (χ3n) is 4.27. The van der Waals surface area contributed by atoms with E-state index in [-0.39, 0.29) is 31.4 Å². The number of anilines is 3. The van der Waals surface area contributed by atoms with Crippen molar-refractivity contribution in [3.63, 3.8) is 0 Å². The summed E-state index contributed by atoms with van der Waals surface area (Å²) >= 11 is 0. The van der Waals surface area contributed by atoms with Gasteiger partial charge < -0.3 is 31.4 Å². The van der Waals surface area contributed by atoms with E-state index in [0.29, 0.717) is 28.7 Å². The number of nitrogens with zero attached hydrogens (tertiary/aromatic N) is 4. The minimum atomic E-state index is -0.797. The number of nitrogens with two attached hydrogens (primary N) is 1. The summed E-state index contributed by atoms with van der Waals surface area (Å²) in [4.78, 5) is 22.1. The first-order valence-electron chi connectivity index (χ1n) is 10.4. The van der Waals surface area contributed by atoms with Crippen LogP contribution >= 0.6 is 0 Å². The fraction of sp³-hybridized carbons (Fsp3) is 0.429. The van der Waals surface area contributed by atoms with Crippen LogP contribution in [0, 0.1) is 18.6 Å². The number of benzene rings is 1. The Labute approximate surface area is 191 Å². The second-order valence-electron chi connectivity index (χ2n) is 7.33. The molecule has 1 aliphatic heterocycles. The van der Waals surface area contributed by atoms with Crippen LogP contribution in [0.1, 0.15) is 31.5 Å². The van der Waals surface area contributed by atoms with E-state index in [1.165, 1.54) is 13.5 Å². The molecule has 33 heavy (non-hydrogen) atoms. The lowest BCUT2D eigenvalue weighted by atomic mass is 10.2. The smallest absolute Gasteiger partial charge is 0.244 e. The van der Waals surface area contributed by atoms with E-state index in [4.69, 9.17) is 5.73 Å². The van der Waals surface area contributed by atoms with Gasteiger partial charge >= 0.3 is 0 Å². The first kappa shape index (κ1) is 25.6. The van der Waals surface area contributed by atoms with E-state index >= 15 is 0 Å². The average Bonchev–Trinajstić information content (AvgIpc) is 2.73. The van der Waals surface area contributed by atoms with E-state index in [0.717, 1.165) is 12.1 Å². The zero-order valence-corrected chi connectivity index (χ0v) is 19.4. The van der Waals surface area contributed by atoms with Gasteiger partial charge in [0.25, 0.3) is 0 Å². The van der Waals surface area contributed by atoms with E-state index in [2.05, 4.69) is 49.7 Å². The standard InChI is InChI=1S/C18H22F2N8O2.C3H8/c1-9-15-17(28(2)8-14(29)25-15)26-18(24-9)22-7-13(21)27-23-6-10-4-11(19)16(30-3)12(20)5-10;1-3-2/h4-5,23H,6-8H2,1-3H3,(H2,21,27)(H,25,29)(H,22,24,26);3H2,1-2H3. The Bertz CT molecular complexity index is 993. The maximum Gasteiger partial charge on any atom is 0.244 e. The molecule has 12 heteroatoms. The molecular weight excluding hydrogens is 434 g/mol. The normalized spacial score (nSPS) is 12.9. The SMILES string of the molecule is CCC.COc1c(F)cc(CN/N=C(\N)CNc2nc(C)c3c(n2)N(C)CC(=O)N3)cc1F. The highest BCUT2D eigenvalue weighted by molar-refractivity contribution is 6.00. The van der Waals surface area contributed by atoms with Crippen LogP contribution in [0.25, 0.3) is 0 Å². The highest BCUT2D eigenvalue weighted by atomic mass is 19.1. The van der Waals surface area contributed by atoms with Gasteiger partial charge in [-0.2, -0.15) is 10.1 Å². The van der Waals surface area contributed by atoms with Crippen molar-refractivity contribution >= 4 is 29.2 Å². The number of hydrogen-bond donors (Lipinski definition) is 4. The predicted octanol–water partition coefficient (Wildman–Crippen LogP) is 2.35. The van der Waals surface area contributed by atoms with Crippen LogP contribution in [-0.2, 0) is 11.3 Å². The van der Waals surface area contributed by atoms with Gasteiger partial charge in [0.05, 0.1) is 32.4 Å². The minimum absolute atomic E-state index is 0.0669. The van der Waals surface area contributed by atoms with Crippen molar-refractivity contribution in [3.05, 3.63) is 35.0 Å². The van der Waals surface area contributed by atoms with Crippen LogP contribution < -0.4 is 31.4 Å². The summed E-state index contributed by atoms with van der Waals surface area (Å²) in [7, 11) is 2.96. The van der Waals surface area contributed by atoms with Gasteiger partial charge in [0.1, 0.15) is 11.5 Å². The van der Waals surface area contributed by atoms with Gasteiger partial charge in [-0.3, -0.25) is 4.79 Å². The number of methoxy groups -OCH3 is 1. The highest BCUT2D eigenvalue weighted by Crippen LogP contribution is 2.29. The molecular formula is C21H30F2N8O2. The van der Waals surface area contributed by atoms with Gasteiger partial charge in [-0.15, -0.1) is 0 Å². The maximum atomic E-state index is 13.7. The number of aryl methyl sites for hydroxylation is 1.